The quantitative estimate of drug-likeness (QED) is 0.618. The van der Waals surface area contributed by atoms with E-state index in [0.717, 1.165) is 57.8 Å². The monoisotopic (exact) mass is 436 g/mol. The number of carbonyl (C=O) groups is 1. The molecule has 2 saturated carbocycles. The summed E-state index contributed by atoms with van der Waals surface area (Å²) in [7, 11) is -3.76. The maximum absolute atomic E-state index is 13.5. The zero-order valence-corrected chi connectivity index (χ0v) is 19.0. The molecule has 0 unspecified atom stereocenters. The SMILES string of the molecule is CCOc1ccc(S(=O)(=O)N(CC(=O)NC2CCCCCC2)C2CCCCC2)cc1. The molecule has 30 heavy (non-hydrogen) atoms. The van der Waals surface area contributed by atoms with Crippen LogP contribution < -0.4 is 10.1 Å². The van der Waals surface area contributed by atoms with Crippen molar-refractivity contribution >= 4 is 15.9 Å². The van der Waals surface area contributed by atoms with E-state index in [1.165, 1.54) is 17.1 Å². The van der Waals surface area contributed by atoms with E-state index in [4.69, 9.17) is 4.74 Å². The predicted octanol–water partition coefficient (Wildman–Crippen LogP) is 4.25. The normalized spacial score (nSPS) is 19.4. The van der Waals surface area contributed by atoms with Crippen LogP contribution in [0.1, 0.15) is 77.6 Å². The molecule has 1 amide bonds. The fourth-order valence-corrected chi connectivity index (χ4v) is 6.27. The van der Waals surface area contributed by atoms with Gasteiger partial charge in [-0.25, -0.2) is 8.42 Å². The minimum atomic E-state index is -3.76. The molecule has 3 rings (SSSR count). The van der Waals surface area contributed by atoms with E-state index < -0.39 is 10.0 Å². The maximum Gasteiger partial charge on any atom is 0.243 e. The van der Waals surface area contributed by atoms with E-state index in [2.05, 4.69) is 5.32 Å². The van der Waals surface area contributed by atoms with Crippen molar-refractivity contribution < 1.29 is 17.9 Å². The van der Waals surface area contributed by atoms with Crippen LogP contribution in [0.25, 0.3) is 0 Å². The van der Waals surface area contributed by atoms with Gasteiger partial charge in [-0.1, -0.05) is 44.9 Å². The molecule has 0 spiro atoms. The Hall–Kier alpha value is -1.60. The average molecular weight is 437 g/mol. The molecule has 0 aliphatic heterocycles. The fourth-order valence-electron chi connectivity index (χ4n) is 4.63. The minimum absolute atomic E-state index is 0.100. The highest BCUT2D eigenvalue weighted by molar-refractivity contribution is 7.89. The van der Waals surface area contributed by atoms with E-state index >= 15 is 0 Å². The molecule has 7 heteroatoms. The molecule has 0 aromatic heterocycles. The van der Waals surface area contributed by atoms with Gasteiger partial charge in [-0.3, -0.25) is 4.79 Å². The lowest BCUT2D eigenvalue weighted by Gasteiger charge is -2.33. The summed E-state index contributed by atoms with van der Waals surface area (Å²) in [6.45, 7) is 2.32. The number of rotatable bonds is 8. The van der Waals surface area contributed by atoms with Crippen molar-refractivity contribution in [3.05, 3.63) is 24.3 Å². The lowest BCUT2D eigenvalue weighted by Crippen LogP contribution is -2.48. The van der Waals surface area contributed by atoms with Crippen LogP contribution in [0.5, 0.6) is 5.75 Å². The van der Waals surface area contributed by atoms with Gasteiger partial charge in [0.1, 0.15) is 5.75 Å². The summed E-state index contributed by atoms with van der Waals surface area (Å²) < 4.78 is 33.9. The van der Waals surface area contributed by atoms with Crippen LogP contribution in [-0.4, -0.2) is 43.9 Å². The zero-order chi connectivity index (χ0) is 21.4. The first kappa shape index (κ1) is 23.1. The van der Waals surface area contributed by atoms with Crippen molar-refractivity contribution in [1.82, 2.24) is 9.62 Å². The lowest BCUT2D eigenvalue weighted by molar-refractivity contribution is -0.122. The van der Waals surface area contributed by atoms with E-state index in [-0.39, 0.29) is 29.4 Å². The smallest absolute Gasteiger partial charge is 0.243 e. The second kappa shape index (κ2) is 11.1. The number of carbonyl (C=O) groups excluding carboxylic acids is 1. The molecule has 0 atom stereocenters. The number of benzene rings is 1. The highest BCUT2D eigenvalue weighted by atomic mass is 32.2. The molecular formula is C23H36N2O4S. The van der Waals surface area contributed by atoms with Gasteiger partial charge < -0.3 is 10.1 Å². The van der Waals surface area contributed by atoms with Crippen LogP contribution >= 0.6 is 0 Å². The molecule has 2 aliphatic rings. The van der Waals surface area contributed by atoms with Gasteiger partial charge >= 0.3 is 0 Å². The summed E-state index contributed by atoms with van der Waals surface area (Å²) in [6, 6.07) is 6.58. The third kappa shape index (κ3) is 6.20. The van der Waals surface area contributed by atoms with Crippen LogP contribution in [0.2, 0.25) is 0 Å². The Balaban J connectivity index is 1.76. The van der Waals surface area contributed by atoms with Crippen LogP contribution in [-0.2, 0) is 14.8 Å². The summed E-state index contributed by atoms with van der Waals surface area (Å²) in [4.78, 5) is 13.1. The van der Waals surface area contributed by atoms with Crippen LogP contribution in [0, 0.1) is 0 Å². The zero-order valence-electron chi connectivity index (χ0n) is 18.1. The third-order valence-electron chi connectivity index (χ3n) is 6.24. The van der Waals surface area contributed by atoms with Crippen molar-refractivity contribution in [3.63, 3.8) is 0 Å². The van der Waals surface area contributed by atoms with E-state index in [1.807, 2.05) is 6.92 Å². The first-order valence-electron chi connectivity index (χ1n) is 11.5. The standard InChI is InChI=1S/C23H36N2O4S/c1-2-29-21-14-16-22(17-15-21)30(27,28)25(20-12-8-5-9-13-20)18-23(26)24-19-10-6-3-4-7-11-19/h14-17,19-20H,2-13,18H2,1H3,(H,24,26). The van der Waals surface area contributed by atoms with Gasteiger partial charge in [-0.05, 0) is 56.9 Å². The van der Waals surface area contributed by atoms with Gasteiger partial charge in [-0.2, -0.15) is 4.31 Å². The third-order valence-corrected chi connectivity index (χ3v) is 8.16. The van der Waals surface area contributed by atoms with E-state index in [1.54, 1.807) is 24.3 Å². The Kier molecular flexibility index (Phi) is 8.57. The molecule has 1 N–H and O–H groups in total. The molecule has 0 bridgehead atoms. The summed E-state index contributed by atoms with van der Waals surface area (Å²) in [5, 5.41) is 3.11. The van der Waals surface area contributed by atoms with Crippen molar-refractivity contribution in [3.8, 4) is 5.75 Å². The van der Waals surface area contributed by atoms with Gasteiger partial charge in [0.25, 0.3) is 0 Å². The number of hydrogen-bond donors (Lipinski definition) is 1. The van der Waals surface area contributed by atoms with Crippen molar-refractivity contribution in [2.24, 2.45) is 0 Å². The maximum atomic E-state index is 13.5. The molecule has 0 radical (unpaired) electrons. The molecule has 1 aromatic rings. The second-order valence-corrected chi connectivity index (χ2v) is 10.4. The van der Waals surface area contributed by atoms with Crippen molar-refractivity contribution in [2.75, 3.05) is 13.2 Å². The van der Waals surface area contributed by atoms with Crippen LogP contribution in [0.3, 0.4) is 0 Å². The molecule has 0 heterocycles. The summed E-state index contributed by atoms with van der Waals surface area (Å²) in [6.07, 6.45) is 11.4. The molecular weight excluding hydrogens is 400 g/mol. The van der Waals surface area contributed by atoms with Crippen LogP contribution in [0.15, 0.2) is 29.2 Å². The number of sulfonamides is 1. The van der Waals surface area contributed by atoms with Gasteiger partial charge in [0.05, 0.1) is 18.0 Å². The lowest BCUT2D eigenvalue weighted by atomic mass is 9.95. The van der Waals surface area contributed by atoms with Gasteiger partial charge in [0, 0.05) is 12.1 Å². The number of nitrogens with one attached hydrogen (secondary N) is 1. The fraction of sp³-hybridized carbons (Fsp3) is 0.696. The highest BCUT2D eigenvalue weighted by Crippen LogP contribution is 2.28. The molecule has 1 aromatic carbocycles. The molecule has 6 nitrogen and oxygen atoms in total. The van der Waals surface area contributed by atoms with Crippen molar-refractivity contribution in [1.29, 1.82) is 0 Å². The highest BCUT2D eigenvalue weighted by Gasteiger charge is 2.34. The Morgan fingerprint density at radius 2 is 1.53 bits per heavy atom. The Morgan fingerprint density at radius 1 is 0.967 bits per heavy atom. The molecule has 168 valence electrons. The molecule has 2 fully saturated rings. The number of ether oxygens (including phenoxy) is 1. The Morgan fingerprint density at radius 3 is 2.13 bits per heavy atom. The van der Waals surface area contributed by atoms with E-state index in [9.17, 15) is 13.2 Å². The van der Waals surface area contributed by atoms with E-state index in [0.29, 0.717) is 12.4 Å². The summed E-state index contributed by atoms with van der Waals surface area (Å²) in [5.41, 5.74) is 0. The molecule has 0 saturated heterocycles. The van der Waals surface area contributed by atoms with Gasteiger partial charge in [-0.15, -0.1) is 0 Å². The summed E-state index contributed by atoms with van der Waals surface area (Å²) in [5.74, 6) is 0.466. The number of nitrogens with zero attached hydrogens (tertiary/aromatic N) is 1. The predicted molar refractivity (Wildman–Crippen MR) is 118 cm³/mol. The first-order chi connectivity index (χ1) is 14.5. The number of amides is 1. The largest absolute Gasteiger partial charge is 0.494 e. The van der Waals surface area contributed by atoms with Crippen molar-refractivity contribution in [2.45, 2.75) is 94.5 Å². The topological polar surface area (TPSA) is 75.7 Å². The second-order valence-electron chi connectivity index (χ2n) is 8.50. The van der Waals surface area contributed by atoms with Gasteiger partial charge in [0.2, 0.25) is 15.9 Å². The first-order valence-corrected chi connectivity index (χ1v) is 13.0. The molecule has 2 aliphatic carbocycles. The minimum Gasteiger partial charge on any atom is -0.494 e. The Labute approximate surface area is 181 Å². The van der Waals surface area contributed by atoms with Crippen LogP contribution in [0.4, 0.5) is 0 Å². The van der Waals surface area contributed by atoms with Gasteiger partial charge in [0.15, 0.2) is 0 Å². The Bertz CT molecular complexity index is 765. The summed E-state index contributed by atoms with van der Waals surface area (Å²) >= 11 is 0. The number of hydrogen-bond acceptors (Lipinski definition) is 4. The average Bonchev–Trinajstić information content (AvgIpc) is 3.02.